The van der Waals surface area contributed by atoms with Crippen molar-refractivity contribution in [2.45, 2.75) is 38.8 Å². The molecule has 4 rings (SSSR count). The lowest BCUT2D eigenvalue weighted by molar-refractivity contribution is -0.134. The number of piperidine rings is 1. The zero-order valence-electron chi connectivity index (χ0n) is 15.2. The Bertz CT molecular complexity index is 793. The fourth-order valence-electron chi connectivity index (χ4n) is 3.58. The Morgan fingerprint density at radius 1 is 1.22 bits per heavy atom. The molecule has 0 unspecified atom stereocenters. The summed E-state index contributed by atoms with van der Waals surface area (Å²) < 4.78 is 37.7. The van der Waals surface area contributed by atoms with Gasteiger partial charge in [-0.1, -0.05) is 10.2 Å². The molecular formula is C18H22F2N4O3. The van der Waals surface area contributed by atoms with Gasteiger partial charge in [0.15, 0.2) is 0 Å². The molecule has 2 aromatic rings. The van der Waals surface area contributed by atoms with E-state index in [9.17, 15) is 8.92 Å². The van der Waals surface area contributed by atoms with Crippen LogP contribution in [0.15, 0.2) is 16.7 Å². The van der Waals surface area contributed by atoms with Crippen LogP contribution in [0.1, 0.15) is 29.9 Å². The van der Waals surface area contributed by atoms with Crippen molar-refractivity contribution >= 4 is 17.3 Å². The van der Waals surface area contributed by atoms with Crippen LogP contribution in [0, 0.1) is 6.92 Å². The van der Waals surface area contributed by atoms with Crippen LogP contribution < -0.4 is 9.96 Å². The standard InChI is InChI=1S/C18H22F2N4O3/c1-12-10-18(22-26-12)24(27-20)16-11-17(23-6-2-13(19)3-7-23)21-15-5-9-25-8-4-14(15)16/h10-11,13H,2-9H2,1H3. The maximum absolute atomic E-state index is 13.6. The Kier molecular flexibility index (Phi) is 5.22. The second-order valence-electron chi connectivity index (χ2n) is 6.86. The zero-order chi connectivity index (χ0) is 18.8. The van der Waals surface area contributed by atoms with Crippen LogP contribution in [-0.4, -0.2) is 42.6 Å². The van der Waals surface area contributed by atoms with E-state index in [1.165, 1.54) is 0 Å². The zero-order valence-corrected chi connectivity index (χ0v) is 15.2. The Balaban J connectivity index is 1.77. The van der Waals surface area contributed by atoms with Gasteiger partial charge in [0.2, 0.25) is 5.82 Å². The quantitative estimate of drug-likeness (QED) is 0.754. The Morgan fingerprint density at radius 2 is 2.00 bits per heavy atom. The van der Waals surface area contributed by atoms with Crippen LogP contribution >= 0.6 is 0 Å². The normalized spacial score (nSPS) is 18.3. The molecular weight excluding hydrogens is 358 g/mol. The van der Waals surface area contributed by atoms with Gasteiger partial charge in [0.1, 0.15) is 17.7 Å². The number of alkyl halides is 1. The van der Waals surface area contributed by atoms with Gasteiger partial charge >= 0.3 is 0 Å². The number of ether oxygens (including phenoxy) is 1. The van der Waals surface area contributed by atoms with Gasteiger partial charge < -0.3 is 14.2 Å². The molecule has 0 aromatic carbocycles. The van der Waals surface area contributed by atoms with Crippen LogP contribution in [0.4, 0.5) is 26.2 Å². The van der Waals surface area contributed by atoms with E-state index >= 15 is 0 Å². The molecule has 2 aromatic heterocycles. The van der Waals surface area contributed by atoms with E-state index in [1.807, 2.05) is 4.90 Å². The third kappa shape index (κ3) is 3.74. The van der Waals surface area contributed by atoms with Gasteiger partial charge in [0, 0.05) is 37.2 Å². The van der Waals surface area contributed by atoms with Crippen LogP contribution in [0.25, 0.3) is 0 Å². The molecule has 0 aliphatic carbocycles. The van der Waals surface area contributed by atoms with E-state index in [0.717, 1.165) is 16.3 Å². The third-order valence-electron chi connectivity index (χ3n) is 5.01. The van der Waals surface area contributed by atoms with E-state index in [1.54, 1.807) is 19.1 Å². The van der Waals surface area contributed by atoms with Crippen molar-refractivity contribution in [3.05, 3.63) is 29.2 Å². The van der Waals surface area contributed by atoms with Crippen molar-refractivity contribution in [2.24, 2.45) is 0 Å². The Hall–Kier alpha value is -2.26. The first kappa shape index (κ1) is 18.1. The molecule has 0 amide bonds. The molecule has 2 aliphatic heterocycles. The minimum absolute atomic E-state index is 0.210. The lowest BCUT2D eigenvalue weighted by atomic mass is 10.0. The van der Waals surface area contributed by atoms with Gasteiger partial charge in [-0.15, -0.1) is 0 Å². The van der Waals surface area contributed by atoms with Crippen LogP contribution in [-0.2, 0) is 22.6 Å². The summed E-state index contributed by atoms with van der Waals surface area (Å²) in [6, 6.07) is 3.36. The third-order valence-corrected chi connectivity index (χ3v) is 5.01. The molecule has 9 heteroatoms. The van der Waals surface area contributed by atoms with Crippen molar-refractivity contribution in [3.8, 4) is 0 Å². The highest BCUT2D eigenvalue weighted by Gasteiger charge is 2.27. The lowest BCUT2D eigenvalue weighted by Gasteiger charge is -2.31. The minimum Gasteiger partial charge on any atom is -0.381 e. The van der Waals surface area contributed by atoms with Gasteiger partial charge in [-0.05, 0) is 30.7 Å². The molecule has 0 saturated carbocycles. The number of hydrogen-bond acceptors (Lipinski definition) is 7. The SMILES string of the molecule is Cc1cc(N(OF)c2cc(N3CCC(F)CC3)nc3c2CCOCC3)no1. The first-order valence-electron chi connectivity index (χ1n) is 9.17. The van der Waals surface area contributed by atoms with Gasteiger partial charge in [-0.25, -0.2) is 9.37 Å². The summed E-state index contributed by atoms with van der Waals surface area (Å²) in [6.07, 6.45) is 1.35. The molecule has 1 fully saturated rings. The first-order chi connectivity index (χ1) is 13.2. The van der Waals surface area contributed by atoms with Gasteiger partial charge in [0.25, 0.3) is 0 Å². The van der Waals surface area contributed by atoms with E-state index in [0.29, 0.717) is 69.3 Å². The van der Waals surface area contributed by atoms with Crippen LogP contribution in [0.2, 0.25) is 0 Å². The predicted octanol–water partition coefficient (Wildman–Crippen LogP) is 3.39. The van der Waals surface area contributed by atoms with Crippen LogP contribution in [0.3, 0.4) is 0 Å². The summed E-state index contributed by atoms with van der Waals surface area (Å²) in [5, 5.41) is 9.03. The number of pyridine rings is 1. The number of aryl methyl sites for hydroxylation is 1. The molecule has 0 N–H and O–H groups in total. The summed E-state index contributed by atoms with van der Waals surface area (Å²) in [6.45, 7) is 3.94. The molecule has 146 valence electrons. The average molecular weight is 380 g/mol. The fourth-order valence-corrected chi connectivity index (χ4v) is 3.58. The Morgan fingerprint density at radius 3 is 2.70 bits per heavy atom. The second kappa shape index (κ2) is 7.77. The highest BCUT2D eigenvalue weighted by atomic mass is 19.3. The number of nitrogens with zero attached hydrogens (tertiary/aromatic N) is 4. The van der Waals surface area contributed by atoms with E-state index in [-0.39, 0.29) is 5.82 Å². The van der Waals surface area contributed by atoms with Gasteiger partial charge in [-0.3, -0.25) is 0 Å². The maximum atomic E-state index is 13.6. The van der Waals surface area contributed by atoms with Crippen molar-refractivity contribution in [2.75, 3.05) is 36.3 Å². The molecule has 2 aliphatic rings. The number of aromatic nitrogens is 2. The molecule has 7 nitrogen and oxygen atoms in total. The fraction of sp³-hybridized carbons (Fsp3) is 0.556. The molecule has 0 radical (unpaired) electrons. The van der Waals surface area contributed by atoms with Gasteiger partial charge in [-0.2, -0.15) is 5.06 Å². The molecule has 4 heterocycles. The molecule has 0 atom stereocenters. The van der Waals surface area contributed by atoms with E-state index < -0.39 is 6.17 Å². The summed E-state index contributed by atoms with van der Waals surface area (Å²) in [4.78, 5) is 6.80. The molecule has 27 heavy (non-hydrogen) atoms. The van der Waals surface area contributed by atoms with Crippen molar-refractivity contribution in [1.82, 2.24) is 10.1 Å². The van der Waals surface area contributed by atoms with Crippen molar-refractivity contribution < 1.29 is 23.2 Å². The molecule has 0 bridgehead atoms. The van der Waals surface area contributed by atoms with Crippen molar-refractivity contribution in [1.29, 1.82) is 0 Å². The monoisotopic (exact) mass is 380 g/mol. The summed E-state index contributed by atoms with van der Waals surface area (Å²) in [7, 11) is 0. The average Bonchev–Trinajstić information content (AvgIpc) is 2.95. The summed E-state index contributed by atoms with van der Waals surface area (Å²) in [5.41, 5.74) is 2.21. The number of halogens is 2. The molecule has 0 spiro atoms. The van der Waals surface area contributed by atoms with E-state index in [2.05, 4.69) is 10.2 Å². The number of hydrogen-bond donors (Lipinski definition) is 0. The number of rotatable bonds is 4. The van der Waals surface area contributed by atoms with E-state index in [4.69, 9.17) is 14.2 Å². The topological polar surface area (TPSA) is 63.9 Å². The second-order valence-corrected chi connectivity index (χ2v) is 6.86. The summed E-state index contributed by atoms with van der Waals surface area (Å²) in [5.74, 6) is 1.43. The van der Waals surface area contributed by atoms with Gasteiger partial charge in [0.05, 0.1) is 24.6 Å². The van der Waals surface area contributed by atoms with Crippen molar-refractivity contribution in [3.63, 3.8) is 0 Å². The maximum Gasteiger partial charge on any atom is 0.204 e. The predicted molar refractivity (Wildman–Crippen MR) is 94.4 cm³/mol. The number of fused-ring (bicyclic) bond motifs is 1. The smallest absolute Gasteiger partial charge is 0.204 e. The summed E-state index contributed by atoms with van der Waals surface area (Å²) >= 11 is 0. The largest absolute Gasteiger partial charge is 0.381 e. The first-order valence-corrected chi connectivity index (χ1v) is 9.17. The highest BCUT2D eigenvalue weighted by molar-refractivity contribution is 5.67. The number of anilines is 3. The Labute approximate surface area is 155 Å². The highest BCUT2D eigenvalue weighted by Crippen LogP contribution is 2.35. The molecule has 1 saturated heterocycles. The minimum atomic E-state index is -0.779. The lowest BCUT2D eigenvalue weighted by Crippen LogP contribution is -2.35. The van der Waals surface area contributed by atoms with Crippen LogP contribution in [0.5, 0.6) is 0 Å².